The number of pyridine rings is 1. The summed E-state index contributed by atoms with van der Waals surface area (Å²) in [4.78, 5) is 16.3. The Labute approximate surface area is 294 Å². The number of aromatic nitrogens is 1. The quantitative estimate of drug-likeness (QED) is 0.0804. The molecule has 1 heterocycles. The second kappa shape index (κ2) is 15.4. The number of aliphatic hydroxyl groups is 1. The molecule has 0 bridgehead atoms. The summed E-state index contributed by atoms with van der Waals surface area (Å²) in [5.41, 5.74) is 3.83. The molecule has 0 atom stereocenters. The topological polar surface area (TPSA) is 59.4 Å². The number of hydrogen-bond acceptors (Lipinski definition) is 4. The number of allylic oxidation sites excluding steroid dienone is 2. The molecule has 0 fully saturated rings. The Kier molecular flexibility index (Phi) is 12.3. The summed E-state index contributed by atoms with van der Waals surface area (Å²) in [6.45, 7) is 20.0. The minimum atomic E-state index is -0.417. The van der Waals surface area contributed by atoms with Gasteiger partial charge in [0.15, 0.2) is 5.78 Å². The van der Waals surface area contributed by atoms with E-state index in [1.54, 1.807) is 0 Å². The van der Waals surface area contributed by atoms with Crippen LogP contribution < -0.4 is 4.74 Å². The van der Waals surface area contributed by atoms with Crippen LogP contribution in [0.2, 0.25) is 0 Å². The van der Waals surface area contributed by atoms with Crippen LogP contribution in [0.1, 0.15) is 92.2 Å². The van der Waals surface area contributed by atoms with E-state index >= 15 is 0 Å². The van der Waals surface area contributed by atoms with Crippen LogP contribution in [0.3, 0.4) is 0 Å². The van der Waals surface area contributed by atoms with Crippen molar-refractivity contribution in [1.29, 1.82) is 0 Å². The number of hydrogen-bond donors (Lipinski definition) is 1. The summed E-state index contributed by atoms with van der Waals surface area (Å²) in [7, 11) is 0. The van der Waals surface area contributed by atoms with Crippen LogP contribution in [0.15, 0.2) is 96.9 Å². The van der Waals surface area contributed by atoms with Crippen LogP contribution in [0.25, 0.3) is 32.8 Å². The number of benzene rings is 4. The Bertz CT molecular complexity index is 1830. The number of carbonyl (C=O) groups excluding carboxylic acids is 1. The summed E-state index contributed by atoms with van der Waals surface area (Å²) in [6.07, 6.45) is 3.24. The largest absolute Gasteiger partial charge is 0.512 e. The molecule has 5 rings (SSSR count). The summed E-state index contributed by atoms with van der Waals surface area (Å²) >= 11 is 0. The molecule has 4 nitrogen and oxygen atoms in total. The molecule has 4 aromatic carbocycles. The first-order chi connectivity index (χ1) is 21.5. The standard InChI is InChI=1S/C31H28NO.C11H20O2.Ir/c1-20(2)23-16-24(21(3)4)18-25(17-23)31-29-13-11-22-10-12-27(33-26-8-6-5-7-9-26)19-30(22)28(29)14-15-32-31;1-10(2,3)8(12)7-9(13)11(4,5)6;/h5-17,19-21H,1-4H3;7,12H,1-6H3;/q-1;;/b;8-7-;. The third-order valence-corrected chi connectivity index (χ3v) is 7.94. The fourth-order valence-electron chi connectivity index (χ4n) is 4.81. The summed E-state index contributed by atoms with van der Waals surface area (Å²) in [5, 5.41) is 14.2. The van der Waals surface area contributed by atoms with E-state index in [4.69, 9.17) is 9.72 Å². The number of carbonyl (C=O) groups is 1. The normalized spacial score (nSPS) is 12.1. The maximum Gasteiger partial charge on any atom is 0.164 e. The smallest absolute Gasteiger partial charge is 0.164 e. The molecule has 47 heavy (non-hydrogen) atoms. The number of aliphatic hydroxyl groups excluding tert-OH is 1. The molecule has 249 valence electrons. The van der Waals surface area contributed by atoms with Gasteiger partial charge in [0.25, 0.3) is 0 Å². The average molecular weight is 807 g/mol. The van der Waals surface area contributed by atoms with Crippen LogP contribution in [-0.2, 0) is 24.9 Å². The first kappa shape index (κ1) is 37.7. The Hall–Kier alpha value is -3.79. The molecule has 0 unspecified atom stereocenters. The van der Waals surface area contributed by atoms with Crippen molar-refractivity contribution < 1.29 is 34.7 Å². The van der Waals surface area contributed by atoms with E-state index in [1.165, 1.54) is 28.0 Å². The van der Waals surface area contributed by atoms with Gasteiger partial charge < -0.3 is 14.8 Å². The van der Waals surface area contributed by atoms with Crippen LogP contribution >= 0.6 is 0 Å². The molecule has 1 aromatic heterocycles. The van der Waals surface area contributed by atoms with Crippen molar-refractivity contribution in [2.24, 2.45) is 10.8 Å². The van der Waals surface area contributed by atoms with E-state index in [0.717, 1.165) is 33.5 Å². The zero-order valence-electron chi connectivity index (χ0n) is 29.4. The minimum absolute atomic E-state index is 0. The molecule has 1 N–H and O–H groups in total. The van der Waals surface area contributed by atoms with Crippen LogP contribution in [0.5, 0.6) is 11.5 Å². The average Bonchev–Trinajstić information content (AvgIpc) is 3.00. The predicted octanol–water partition coefficient (Wildman–Crippen LogP) is 12.0. The molecule has 0 saturated carbocycles. The maximum absolute atomic E-state index is 11.5. The van der Waals surface area contributed by atoms with Crippen molar-refractivity contribution in [1.82, 2.24) is 4.98 Å². The van der Waals surface area contributed by atoms with Crippen molar-refractivity contribution in [3.8, 4) is 22.8 Å². The predicted molar refractivity (Wildman–Crippen MR) is 193 cm³/mol. The number of ketones is 1. The third kappa shape index (κ3) is 9.62. The van der Waals surface area contributed by atoms with Crippen molar-refractivity contribution in [3.05, 3.63) is 114 Å². The minimum Gasteiger partial charge on any atom is -0.512 e. The van der Waals surface area contributed by atoms with Gasteiger partial charge in [-0.2, -0.15) is 0 Å². The first-order valence-corrected chi connectivity index (χ1v) is 16.1. The Morgan fingerprint density at radius 3 is 2.02 bits per heavy atom. The molecule has 5 heteroatoms. The molecule has 0 aliphatic heterocycles. The van der Waals surface area contributed by atoms with Gasteiger partial charge in [0, 0.05) is 43.2 Å². The molecule has 0 saturated heterocycles. The van der Waals surface area contributed by atoms with Gasteiger partial charge in [0.1, 0.15) is 17.3 Å². The molecule has 5 aromatic rings. The molecular weight excluding hydrogens is 759 g/mol. The van der Waals surface area contributed by atoms with Gasteiger partial charge in [0.05, 0.1) is 0 Å². The zero-order valence-corrected chi connectivity index (χ0v) is 31.8. The van der Waals surface area contributed by atoms with E-state index in [1.807, 2.05) is 84.1 Å². The van der Waals surface area contributed by atoms with Gasteiger partial charge in [-0.15, -0.1) is 34.9 Å². The molecular formula is C42H48IrNO3-. The van der Waals surface area contributed by atoms with E-state index in [2.05, 4.69) is 76.2 Å². The number of ether oxygens (including phenoxy) is 1. The summed E-state index contributed by atoms with van der Waals surface area (Å²) < 4.78 is 6.11. The fourth-order valence-corrected chi connectivity index (χ4v) is 4.81. The van der Waals surface area contributed by atoms with E-state index in [0.29, 0.717) is 11.8 Å². The molecule has 0 amide bonds. The Morgan fingerprint density at radius 1 is 0.766 bits per heavy atom. The van der Waals surface area contributed by atoms with Crippen molar-refractivity contribution in [2.75, 3.05) is 0 Å². The van der Waals surface area contributed by atoms with E-state index in [9.17, 15) is 9.90 Å². The van der Waals surface area contributed by atoms with E-state index < -0.39 is 5.41 Å². The summed E-state index contributed by atoms with van der Waals surface area (Å²) in [6, 6.07) is 30.8. The second-order valence-corrected chi connectivity index (χ2v) is 14.6. The number of rotatable bonds is 6. The molecule has 1 radical (unpaired) electrons. The van der Waals surface area contributed by atoms with E-state index in [-0.39, 0.29) is 37.1 Å². The van der Waals surface area contributed by atoms with Gasteiger partial charge >= 0.3 is 0 Å². The molecule has 0 aliphatic rings. The molecule has 0 spiro atoms. The molecule has 0 aliphatic carbocycles. The van der Waals surface area contributed by atoms with Gasteiger partial charge in [-0.3, -0.25) is 4.79 Å². The van der Waals surface area contributed by atoms with Gasteiger partial charge in [-0.05, 0) is 69.4 Å². The third-order valence-electron chi connectivity index (χ3n) is 7.94. The fraction of sp³-hybridized carbons (Fsp3) is 0.333. The number of para-hydroxylation sites is 1. The van der Waals surface area contributed by atoms with Crippen molar-refractivity contribution >= 4 is 27.3 Å². The van der Waals surface area contributed by atoms with Gasteiger partial charge in [-0.1, -0.05) is 106 Å². The van der Waals surface area contributed by atoms with Crippen molar-refractivity contribution in [3.63, 3.8) is 0 Å². The Balaban J connectivity index is 0.000000367. The van der Waals surface area contributed by atoms with Crippen LogP contribution in [-0.4, -0.2) is 15.9 Å². The zero-order chi connectivity index (χ0) is 33.8. The van der Waals surface area contributed by atoms with Crippen LogP contribution in [0.4, 0.5) is 0 Å². The van der Waals surface area contributed by atoms with Crippen LogP contribution in [0, 0.1) is 16.9 Å². The Morgan fingerprint density at radius 2 is 1.43 bits per heavy atom. The van der Waals surface area contributed by atoms with Gasteiger partial charge in [-0.25, -0.2) is 0 Å². The van der Waals surface area contributed by atoms with Crippen molar-refractivity contribution in [2.45, 2.75) is 81.1 Å². The number of nitrogens with zero attached hydrogens (tertiary/aromatic N) is 1. The first-order valence-electron chi connectivity index (χ1n) is 16.1. The summed E-state index contributed by atoms with van der Waals surface area (Å²) in [5.74, 6) is 2.63. The monoisotopic (exact) mass is 807 g/mol. The number of fused-ring (bicyclic) bond motifs is 3. The second-order valence-electron chi connectivity index (χ2n) is 14.6. The SMILES string of the molecule is CC(C)(C)C(=O)/C=C(\O)C(C)(C)C.CC(C)c1[c-]c(-c2nccc3c2ccc2ccc(Oc4ccccc4)cc23)cc(C(C)C)c1.[Ir]. The van der Waals surface area contributed by atoms with Gasteiger partial charge in [0.2, 0.25) is 0 Å². The maximum atomic E-state index is 11.5.